The number of unbranched alkanes of at least 4 members (excludes halogenated alkanes) is 1. The van der Waals surface area contributed by atoms with Gasteiger partial charge in [0.15, 0.2) is 0 Å². The second-order valence-corrected chi connectivity index (χ2v) is 3.37. The minimum atomic E-state index is 0.337. The number of allylic oxidation sites excluding steroid dienone is 1. The maximum absolute atomic E-state index is 11.2. The van der Waals surface area contributed by atoms with Gasteiger partial charge in [0.25, 0.3) is 0 Å². The van der Waals surface area contributed by atoms with E-state index in [1.165, 1.54) is 12.8 Å². The van der Waals surface area contributed by atoms with Crippen LogP contribution < -0.4 is 5.32 Å². The fourth-order valence-corrected chi connectivity index (χ4v) is 1.08. The molecule has 12 heavy (non-hydrogen) atoms. The summed E-state index contributed by atoms with van der Waals surface area (Å²) in [6.07, 6.45) is 6.97. The quantitative estimate of drug-likeness (QED) is 0.461. The molecule has 1 rings (SSSR count). The largest absolute Gasteiger partial charge is 0.307 e. The van der Waals surface area contributed by atoms with Crippen LogP contribution in [0.25, 0.3) is 0 Å². The Morgan fingerprint density at radius 2 is 2.33 bits per heavy atom. The fraction of sp³-hybridized carbons (Fsp3) is 0.700. The Morgan fingerprint density at radius 3 is 2.92 bits per heavy atom. The Hall–Kier alpha value is -0.630. The molecule has 0 radical (unpaired) electrons. The molecule has 0 spiro atoms. The number of nitrogens with one attached hydrogen (secondary N) is 1. The molecule has 1 fully saturated rings. The van der Waals surface area contributed by atoms with Crippen LogP contribution >= 0.6 is 0 Å². The summed E-state index contributed by atoms with van der Waals surface area (Å²) in [5, 5.41) is 3.21. The molecule has 0 heterocycles. The molecule has 0 aromatic heterocycles. The molecule has 1 saturated carbocycles. The normalized spacial score (nSPS) is 16.0. The minimum Gasteiger partial charge on any atom is -0.307 e. The summed E-state index contributed by atoms with van der Waals surface area (Å²) < 4.78 is 0. The predicted octanol–water partition coefficient (Wildman–Crippen LogP) is 1.66. The monoisotopic (exact) mass is 167 g/mol. The number of ketones is 1. The first kappa shape index (κ1) is 9.46. The van der Waals surface area contributed by atoms with E-state index < -0.39 is 0 Å². The van der Waals surface area contributed by atoms with Gasteiger partial charge in [0.1, 0.15) is 5.78 Å². The molecule has 0 amide bonds. The molecule has 0 bridgehead atoms. The first-order valence-corrected chi connectivity index (χ1v) is 4.69. The maximum atomic E-state index is 11.2. The van der Waals surface area contributed by atoms with E-state index in [9.17, 15) is 4.79 Å². The van der Waals surface area contributed by atoms with Crippen LogP contribution in [0.2, 0.25) is 0 Å². The van der Waals surface area contributed by atoms with Gasteiger partial charge in [-0.25, -0.2) is 0 Å². The highest BCUT2D eigenvalue weighted by Crippen LogP contribution is 2.18. The second-order valence-electron chi connectivity index (χ2n) is 3.37. The van der Waals surface area contributed by atoms with Crippen LogP contribution in [0, 0.1) is 0 Å². The molecule has 0 saturated heterocycles. The molecule has 0 aliphatic heterocycles. The highest BCUT2D eigenvalue weighted by Gasteiger charge is 2.20. The van der Waals surface area contributed by atoms with Gasteiger partial charge < -0.3 is 5.32 Å². The summed E-state index contributed by atoms with van der Waals surface area (Å²) >= 11 is 0. The zero-order valence-corrected chi connectivity index (χ0v) is 7.51. The summed E-state index contributed by atoms with van der Waals surface area (Å²) in [4.78, 5) is 11.2. The number of hydrogen-bond acceptors (Lipinski definition) is 2. The second kappa shape index (κ2) is 5.09. The van der Waals surface area contributed by atoms with Crippen molar-refractivity contribution in [2.24, 2.45) is 0 Å². The summed E-state index contributed by atoms with van der Waals surface area (Å²) in [7, 11) is 0. The SMILES string of the molecule is C=CCCCC(=O)CNC1CC1. The van der Waals surface area contributed by atoms with Crippen molar-refractivity contribution >= 4 is 5.78 Å². The standard InChI is InChI=1S/C10H17NO/c1-2-3-4-5-10(12)8-11-9-6-7-9/h2,9,11H,1,3-8H2. The van der Waals surface area contributed by atoms with E-state index in [0.29, 0.717) is 24.8 Å². The smallest absolute Gasteiger partial charge is 0.146 e. The summed E-state index contributed by atoms with van der Waals surface area (Å²) in [5.41, 5.74) is 0. The molecule has 0 atom stereocenters. The van der Waals surface area contributed by atoms with Gasteiger partial charge in [-0.05, 0) is 25.7 Å². The van der Waals surface area contributed by atoms with Crippen molar-refractivity contribution in [1.29, 1.82) is 0 Å². The van der Waals surface area contributed by atoms with Crippen LogP contribution in [0.5, 0.6) is 0 Å². The van der Waals surface area contributed by atoms with Gasteiger partial charge in [-0.3, -0.25) is 4.79 Å². The number of carbonyl (C=O) groups excluding carboxylic acids is 1. The van der Waals surface area contributed by atoms with Gasteiger partial charge in [-0.2, -0.15) is 0 Å². The number of carbonyl (C=O) groups is 1. The third kappa shape index (κ3) is 4.29. The molecule has 1 aliphatic carbocycles. The zero-order chi connectivity index (χ0) is 8.81. The predicted molar refractivity (Wildman–Crippen MR) is 50.1 cm³/mol. The van der Waals surface area contributed by atoms with Crippen LogP contribution in [-0.4, -0.2) is 18.4 Å². The topological polar surface area (TPSA) is 29.1 Å². The van der Waals surface area contributed by atoms with E-state index in [1.54, 1.807) is 0 Å². The third-order valence-corrected chi connectivity index (χ3v) is 2.03. The van der Waals surface area contributed by atoms with Gasteiger partial charge in [0.05, 0.1) is 6.54 Å². The molecule has 0 aromatic carbocycles. The maximum Gasteiger partial charge on any atom is 0.146 e. The van der Waals surface area contributed by atoms with Crippen molar-refractivity contribution in [3.8, 4) is 0 Å². The highest BCUT2D eigenvalue weighted by atomic mass is 16.1. The van der Waals surface area contributed by atoms with E-state index in [0.717, 1.165) is 12.8 Å². The van der Waals surface area contributed by atoms with Gasteiger partial charge in [-0.1, -0.05) is 6.08 Å². The Bertz CT molecular complexity index is 161. The van der Waals surface area contributed by atoms with Crippen LogP contribution in [-0.2, 0) is 4.79 Å². The van der Waals surface area contributed by atoms with Crippen LogP contribution in [0.3, 0.4) is 0 Å². The van der Waals surface area contributed by atoms with E-state index in [4.69, 9.17) is 0 Å². The van der Waals surface area contributed by atoms with Crippen LogP contribution in [0.1, 0.15) is 32.1 Å². The van der Waals surface area contributed by atoms with Crippen molar-refractivity contribution in [3.63, 3.8) is 0 Å². The average molecular weight is 167 g/mol. The van der Waals surface area contributed by atoms with Crippen molar-refractivity contribution in [2.75, 3.05) is 6.54 Å². The molecule has 2 nitrogen and oxygen atoms in total. The Kier molecular flexibility index (Phi) is 4.01. The summed E-state index contributed by atoms with van der Waals surface area (Å²) in [6, 6.07) is 0.647. The van der Waals surface area contributed by atoms with E-state index in [1.807, 2.05) is 6.08 Å². The van der Waals surface area contributed by atoms with Gasteiger partial charge in [0.2, 0.25) is 0 Å². The first-order chi connectivity index (χ1) is 5.83. The molecule has 68 valence electrons. The van der Waals surface area contributed by atoms with E-state index in [-0.39, 0.29) is 0 Å². The van der Waals surface area contributed by atoms with Crippen molar-refractivity contribution < 1.29 is 4.79 Å². The van der Waals surface area contributed by atoms with Crippen LogP contribution in [0.4, 0.5) is 0 Å². The molecular weight excluding hydrogens is 150 g/mol. The lowest BCUT2D eigenvalue weighted by Gasteiger charge is -2.00. The average Bonchev–Trinajstić information content (AvgIpc) is 2.84. The fourth-order valence-electron chi connectivity index (χ4n) is 1.08. The number of hydrogen-bond donors (Lipinski definition) is 1. The Morgan fingerprint density at radius 1 is 1.58 bits per heavy atom. The number of Topliss-reactive ketones (excluding diaryl/α,β-unsaturated/α-hetero) is 1. The van der Waals surface area contributed by atoms with Crippen molar-refractivity contribution in [1.82, 2.24) is 5.32 Å². The van der Waals surface area contributed by atoms with Crippen molar-refractivity contribution in [2.45, 2.75) is 38.1 Å². The molecule has 1 aliphatic rings. The first-order valence-electron chi connectivity index (χ1n) is 4.69. The van der Waals surface area contributed by atoms with E-state index >= 15 is 0 Å². The van der Waals surface area contributed by atoms with E-state index in [2.05, 4.69) is 11.9 Å². The summed E-state index contributed by atoms with van der Waals surface area (Å²) in [6.45, 7) is 4.19. The Labute approximate surface area is 74.0 Å². The van der Waals surface area contributed by atoms with Gasteiger partial charge >= 0.3 is 0 Å². The molecule has 0 aromatic rings. The molecule has 1 N–H and O–H groups in total. The number of rotatable bonds is 7. The molecule has 2 heteroatoms. The lowest BCUT2D eigenvalue weighted by molar-refractivity contribution is -0.118. The lowest BCUT2D eigenvalue weighted by atomic mass is 10.2. The highest BCUT2D eigenvalue weighted by molar-refractivity contribution is 5.80. The Balaban J connectivity index is 1.91. The van der Waals surface area contributed by atoms with Crippen LogP contribution in [0.15, 0.2) is 12.7 Å². The lowest BCUT2D eigenvalue weighted by Crippen LogP contribution is -2.24. The molecule has 0 unspecified atom stereocenters. The van der Waals surface area contributed by atoms with Gasteiger partial charge in [0, 0.05) is 12.5 Å². The molecular formula is C10H17NO. The summed E-state index contributed by atoms with van der Waals surface area (Å²) in [5.74, 6) is 0.337. The van der Waals surface area contributed by atoms with Crippen molar-refractivity contribution in [3.05, 3.63) is 12.7 Å². The zero-order valence-electron chi connectivity index (χ0n) is 7.51. The van der Waals surface area contributed by atoms with Gasteiger partial charge in [-0.15, -0.1) is 6.58 Å². The third-order valence-electron chi connectivity index (χ3n) is 2.03. The minimum absolute atomic E-state index is 0.337.